The third-order valence-electron chi connectivity index (χ3n) is 5.38. The highest BCUT2D eigenvalue weighted by Crippen LogP contribution is 2.39. The Kier molecular flexibility index (Phi) is 5.23. The maximum absolute atomic E-state index is 10.6. The van der Waals surface area contributed by atoms with Crippen LogP contribution in [0, 0.1) is 0 Å². The SMILES string of the molecule is CC1CN(Cc2ccccc2)C(c2ccccc2O)N1Cc1ccccc1. The minimum absolute atomic E-state index is 0.0570. The highest BCUT2D eigenvalue weighted by molar-refractivity contribution is 5.35. The van der Waals surface area contributed by atoms with E-state index in [2.05, 4.69) is 77.4 Å². The van der Waals surface area contributed by atoms with E-state index in [1.165, 1.54) is 11.1 Å². The summed E-state index contributed by atoms with van der Waals surface area (Å²) in [6, 6.07) is 29.3. The van der Waals surface area contributed by atoms with Crippen molar-refractivity contribution in [3.63, 3.8) is 0 Å². The van der Waals surface area contributed by atoms with Crippen LogP contribution >= 0.6 is 0 Å². The van der Waals surface area contributed by atoms with Crippen LogP contribution in [0.3, 0.4) is 0 Å². The summed E-state index contributed by atoms with van der Waals surface area (Å²) in [4.78, 5) is 4.96. The maximum Gasteiger partial charge on any atom is 0.121 e. The zero-order valence-corrected chi connectivity index (χ0v) is 15.7. The van der Waals surface area contributed by atoms with Crippen molar-refractivity contribution in [2.75, 3.05) is 6.54 Å². The molecule has 1 fully saturated rings. The molecule has 138 valence electrons. The first-order chi connectivity index (χ1) is 13.2. The van der Waals surface area contributed by atoms with Gasteiger partial charge in [0, 0.05) is 31.2 Å². The highest BCUT2D eigenvalue weighted by Gasteiger charge is 2.39. The Labute approximate surface area is 161 Å². The van der Waals surface area contributed by atoms with Gasteiger partial charge in [-0.1, -0.05) is 78.9 Å². The van der Waals surface area contributed by atoms with Crippen molar-refractivity contribution in [2.24, 2.45) is 0 Å². The third kappa shape index (κ3) is 3.90. The van der Waals surface area contributed by atoms with Gasteiger partial charge in [0.1, 0.15) is 5.75 Å². The Morgan fingerprint density at radius 1 is 0.778 bits per heavy atom. The zero-order valence-electron chi connectivity index (χ0n) is 15.7. The van der Waals surface area contributed by atoms with Gasteiger partial charge in [-0.25, -0.2) is 0 Å². The Balaban J connectivity index is 1.67. The van der Waals surface area contributed by atoms with E-state index in [0.29, 0.717) is 11.8 Å². The van der Waals surface area contributed by atoms with Gasteiger partial charge in [-0.15, -0.1) is 0 Å². The summed E-state index contributed by atoms with van der Waals surface area (Å²) in [5.41, 5.74) is 3.58. The van der Waals surface area contributed by atoms with Crippen LogP contribution in [0.15, 0.2) is 84.9 Å². The van der Waals surface area contributed by atoms with Crippen molar-refractivity contribution < 1.29 is 5.11 Å². The second-order valence-electron chi connectivity index (χ2n) is 7.35. The second kappa shape index (κ2) is 7.95. The lowest BCUT2D eigenvalue weighted by molar-refractivity contribution is 0.110. The Morgan fingerprint density at radius 3 is 1.96 bits per heavy atom. The van der Waals surface area contributed by atoms with Crippen LogP contribution in [0.25, 0.3) is 0 Å². The van der Waals surface area contributed by atoms with E-state index in [1.54, 1.807) is 6.07 Å². The van der Waals surface area contributed by atoms with E-state index >= 15 is 0 Å². The van der Waals surface area contributed by atoms with Gasteiger partial charge >= 0.3 is 0 Å². The highest BCUT2D eigenvalue weighted by atomic mass is 16.3. The third-order valence-corrected chi connectivity index (χ3v) is 5.38. The van der Waals surface area contributed by atoms with E-state index in [4.69, 9.17) is 0 Å². The van der Waals surface area contributed by atoms with Gasteiger partial charge in [-0.05, 0) is 24.1 Å². The van der Waals surface area contributed by atoms with Crippen molar-refractivity contribution >= 4 is 0 Å². The fourth-order valence-corrected chi connectivity index (χ4v) is 4.08. The molecule has 1 heterocycles. The van der Waals surface area contributed by atoms with Crippen LogP contribution in [0.1, 0.15) is 29.8 Å². The number of phenolic OH excluding ortho intramolecular Hbond substituents is 1. The van der Waals surface area contributed by atoms with Crippen LogP contribution in [-0.2, 0) is 13.1 Å². The molecule has 1 aliphatic heterocycles. The smallest absolute Gasteiger partial charge is 0.121 e. The van der Waals surface area contributed by atoms with Gasteiger partial charge in [0.15, 0.2) is 0 Å². The molecule has 2 unspecified atom stereocenters. The molecule has 0 saturated carbocycles. The monoisotopic (exact) mass is 358 g/mol. The van der Waals surface area contributed by atoms with Gasteiger partial charge in [0.25, 0.3) is 0 Å². The first-order valence-electron chi connectivity index (χ1n) is 9.58. The number of hydrogen-bond acceptors (Lipinski definition) is 3. The van der Waals surface area contributed by atoms with E-state index in [9.17, 15) is 5.11 Å². The molecule has 4 rings (SSSR count). The van der Waals surface area contributed by atoms with Gasteiger partial charge in [0.05, 0.1) is 6.17 Å². The number of hydrogen-bond donors (Lipinski definition) is 1. The van der Waals surface area contributed by atoms with Crippen LogP contribution in [-0.4, -0.2) is 27.5 Å². The summed E-state index contributed by atoms with van der Waals surface area (Å²) in [5, 5.41) is 10.6. The summed E-state index contributed by atoms with van der Waals surface area (Å²) in [6.45, 7) is 4.99. The number of rotatable bonds is 5. The molecule has 0 aliphatic carbocycles. The van der Waals surface area contributed by atoms with Crippen molar-refractivity contribution in [1.29, 1.82) is 0 Å². The van der Waals surface area contributed by atoms with Crippen molar-refractivity contribution in [1.82, 2.24) is 9.80 Å². The lowest BCUT2D eigenvalue weighted by atomic mass is 10.1. The molecule has 0 spiro atoms. The Morgan fingerprint density at radius 2 is 1.33 bits per heavy atom. The Bertz CT molecular complexity index is 866. The van der Waals surface area contributed by atoms with Crippen LogP contribution in [0.4, 0.5) is 0 Å². The fraction of sp³-hybridized carbons (Fsp3) is 0.250. The predicted octanol–water partition coefficient (Wildman–Crippen LogP) is 4.80. The predicted molar refractivity (Wildman–Crippen MR) is 109 cm³/mol. The molecular weight excluding hydrogens is 332 g/mol. The first-order valence-corrected chi connectivity index (χ1v) is 9.58. The van der Waals surface area contributed by atoms with Gasteiger partial charge in [-0.2, -0.15) is 0 Å². The molecular formula is C24H26N2O. The average Bonchev–Trinajstić information content (AvgIpc) is 2.99. The molecule has 0 amide bonds. The molecule has 2 atom stereocenters. The Hall–Kier alpha value is -2.62. The standard InChI is InChI=1S/C24H26N2O/c1-19-16-25(17-20-10-4-2-5-11-20)24(22-14-8-9-15-23(22)27)26(19)18-21-12-6-3-7-13-21/h2-15,19,24,27H,16-18H2,1H3. The molecule has 0 bridgehead atoms. The topological polar surface area (TPSA) is 26.7 Å². The molecule has 1 N–H and O–H groups in total. The van der Waals surface area contributed by atoms with Gasteiger partial charge in [-0.3, -0.25) is 9.80 Å². The number of para-hydroxylation sites is 1. The second-order valence-corrected chi connectivity index (χ2v) is 7.35. The lowest BCUT2D eigenvalue weighted by Crippen LogP contribution is -2.32. The molecule has 27 heavy (non-hydrogen) atoms. The summed E-state index contributed by atoms with van der Waals surface area (Å²) in [6.07, 6.45) is 0.0570. The molecule has 3 heteroatoms. The molecule has 3 nitrogen and oxygen atoms in total. The fourth-order valence-electron chi connectivity index (χ4n) is 4.08. The number of aromatic hydroxyl groups is 1. The molecule has 3 aromatic rings. The molecule has 0 aromatic heterocycles. The first kappa shape index (κ1) is 17.8. The quantitative estimate of drug-likeness (QED) is 0.710. The van der Waals surface area contributed by atoms with E-state index in [-0.39, 0.29) is 6.17 Å². The van der Waals surface area contributed by atoms with Crippen molar-refractivity contribution in [3.05, 3.63) is 102 Å². The summed E-state index contributed by atoms with van der Waals surface area (Å²) in [5.74, 6) is 0.368. The van der Waals surface area contributed by atoms with Crippen LogP contribution < -0.4 is 0 Å². The largest absolute Gasteiger partial charge is 0.508 e. The van der Waals surface area contributed by atoms with Gasteiger partial charge in [0.2, 0.25) is 0 Å². The average molecular weight is 358 g/mol. The van der Waals surface area contributed by atoms with Crippen molar-refractivity contribution in [3.8, 4) is 5.75 Å². The molecule has 1 aliphatic rings. The molecule has 3 aromatic carbocycles. The van der Waals surface area contributed by atoms with Crippen LogP contribution in [0.2, 0.25) is 0 Å². The van der Waals surface area contributed by atoms with E-state index in [1.807, 2.05) is 18.2 Å². The number of phenols is 1. The van der Waals surface area contributed by atoms with E-state index < -0.39 is 0 Å². The number of benzene rings is 3. The van der Waals surface area contributed by atoms with Crippen molar-refractivity contribution in [2.45, 2.75) is 32.2 Å². The van der Waals surface area contributed by atoms with E-state index in [0.717, 1.165) is 25.2 Å². The summed E-state index contributed by atoms with van der Waals surface area (Å²) >= 11 is 0. The number of nitrogens with zero attached hydrogens (tertiary/aromatic N) is 2. The van der Waals surface area contributed by atoms with Gasteiger partial charge < -0.3 is 5.11 Å². The molecule has 1 saturated heterocycles. The minimum atomic E-state index is 0.0570. The minimum Gasteiger partial charge on any atom is -0.508 e. The molecule has 0 radical (unpaired) electrons. The maximum atomic E-state index is 10.6. The summed E-state index contributed by atoms with van der Waals surface area (Å²) < 4.78 is 0. The summed E-state index contributed by atoms with van der Waals surface area (Å²) in [7, 11) is 0. The zero-order chi connectivity index (χ0) is 18.6. The lowest BCUT2D eigenvalue weighted by Gasteiger charge is -2.32. The normalized spacial score (nSPS) is 20.8. The van der Waals surface area contributed by atoms with Crippen LogP contribution in [0.5, 0.6) is 5.75 Å².